The fourth-order valence-corrected chi connectivity index (χ4v) is 9.64. The Hall–Kier alpha value is -8.34. The molecule has 14 nitrogen and oxygen atoms in total. The van der Waals surface area contributed by atoms with Gasteiger partial charge in [-0.25, -0.2) is 19.2 Å². The first kappa shape index (κ1) is 58.3. The van der Waals surface area contributed by atoms with Gasteiger partial charge in [0.05, 0.1) is 48.2 Å². The van der Waals surface area contributed by atoms with Crippen LogP contribution in [0.3, 0.4) is 0 Å². The van der Waals surface area contributed by atoms with E-state index in [2.05, 4.69) is 6.07 Å². The molecule has 9 unspecified atom stereocenters. The van der Waals surface area contributed by atoms with Crippen LogP contribution in [-0.2, 0) is 67.2 Å². The van der Waals surface area contributed by atoms with Gasteiger partial charge in [-0.3, -0.25) is 0 Å². The van der Waals surface area contributed by atoms with Crippen LogP contribution in [0.4, 0.5) is 0 Å². The van der Waals surface area contributed by atoms with Crippen molar-refractivity contribution in [1.29, 1.82) is 0 Å². The number of rotatable bonds is 26. The molecule has 8 aromatic carbocycles. The third-order valence-corrected chi connectivity index (χ3v) is 14.3. The van der Waals surface area contributed by atoms with Crippen LogP contribution in [0.2, 0.25) is 0 Å². The molecule has 0 bridgehead atoms. The molecule has 0 spiro atoms. The van der Waals surface area contributed by atoms with Crippen LogP contribution in [0.5, 0.6) is 0 Å². The van der Waals surface area contributed by atoms with Crippen LogP contribution in [0.15, 0.2) is 224 Å². The standard InChI is InChI=1S/C68H66O14/c1-46(57(79-66(71)54-33-18-8-19-34-54)44-77-64(69)52-29-14-6-15-30-52)59(60(47(2)73-3)81-67(72)55-35-20-9-21-36-55)82-68-63(76-42-49-26-12-5-13-27-49)62(75-43-50-38-39-51-28-22-23-37-56(51)40-50)61(74-41-48-24-10-4-11-25-48)58(80-68)45-78-65(70)53-31-16-7-17-32-53/h4-40,46-47,57-63,68H,41-45H2,1-3H3/t46?,47?,57-,58?,59?,60?,61?,62?,63?,68?/m1/s1. The summed E-state index contributed by atoms with van der Waals surface area (Å²) in [5.41, 5.74) is 3.57. The molecule has 0 radical (unpaired) electrons. The number of methoxy groups -OCH3 is 1. The van der Waals surface area contributed by atoms with E-state index in [0.717, 1.165) is 27.5 Å². The van der Waals surface area contributed by atoms with Crippen LogP contribution < -0.4 is 0 Å². The van der Waals surface area contributed by atoms with Gasteiger partial charge < -0.3 is 47.4 Å². The molecule has 0 amide bonds. The number of esters is 4. The number of benzene rings is 8. The maximum absolute atomic E-state index is 14.4. The highest BCUT2D eigenvalue weighted by Gasteiger charge is 2.52. The molecular formula is C68H66O14. The number of ether oxygens (including phenoxy) is 10. The van der Waals surface area contributed by atoms with Crippen molar-refractivity contribution >= 4 is 34.6 Å². The Morgan fingerprint density at radius 1 is 0.439 bits per heavy atom. The molecule has 1 aliphatic rings. The van der Waals surface area contributed by atoms with E-state index in [0.29, 0.717) is 5.56 Å². The number of carbonyl (C=O) groups is 4. The minimum absolute atomic E-state index is 0.0392. The molecule has 0 aromatic heterocycles. The van der Waals surface area contributed by atoms with Gasteiger partial charge in [0.2, 0.25) is 0 Å². The van der Waals surface area contributed by atoms with E-state index in [4.69, 9.17) is 47.4 Å². The van der Waals surface area contributed by atoms with Crippen molar-refractivity contribution in [2.75, 3.05) is 20.3 Å². The Balaban J connectivity index is 1.16. The molecule has 1 saturated heterocycles. The maximum Gasteiger partial charge on any atom is 0.338 e. The first-order valence-electron chi connectivity index (χ1n) is 27.3. The lowest BCUT2D eigenvalue weighted by Crippen LogP contribution is -2.63. The summed E-state index contributed by atoms with van der Waals surface area (Å²) in [6.07, 6.45) is -10.6. The second kappa shape index (κ2) is 29.4. The van der Waals surface area contributed by atoms with Crippen molar-refractivity contribution < 1.29 is 66.5 Å². The first-order chi connectivity index (χ1) is 40.1. The smallest absolute Gasteiger partial charge is 0.338 e. The topological polar surface area (TPSA) is 161 Å². The summed E-state index contributed by atoms with van der Waals surface area (Å²) in [5, 5.41) is 2.06. The molecule has 1 fully saturated rings. The summed E-state index contributed by atoms with van der Waals surface area (Å²) in [6, 6.07) is 67.1. The Morgan fingerprint density at radius 2 is 0.878 bits per heavy atom. The van der Waals surface area contributed by atoms with E-state index < -0.39 is 91.5 Å². The highest BCUT2D eigenvalue weighted by atomic mass is 16.7. The number of carbonyl (C=O) groups excluding carboxylic acids is 4. The normalized spacial score (nSPS) is 18.7. The lowest BCUT2D eigenvalue weighted by Gasteiger charge is -2.48. The van der Waals surface area contributed by atoms with Crippen LogP contribution in [0.1, 0.15) is 72.0 Å². The summed E-state index contributed by atoms with van der Waals surface area (Å²) in [7, 11) is 1.47. The zero-order chi connectivity index (χ0) is 57.0. The number of hydrogen-bond donors (Lipinski definition) is 0. The first-order valence-corrected chi connectivity index (χ1v) is 27.3. The second-order valence-corrected chi connectivity index (χ2v) is 19.9. The van der Waals surface area contributed by atoms with Crippen LogP contribution in [0, 0.1) is 5.92 Å². The van der Waals surface area contributed by atoms with E-state index in [9.17, 15) is 19.2 Å². The van der Waals surface area contributed by atoms with Crippen molar-refractivity contribution in [2.24, 2.45) is 5.92 Å². The quantitative estimate of drug-likeness (QED) is 0.0372. The maximum atomic E-state index is 14.4. The van der Waals surface area contributed by atoms with Crippen molar-refractivity contribution in [2.45, 2.75) is 88.8 Å². The average molecular weight is 1110 g/mol. The molecule has 0 saturated carbocycles. The van der Waals surface area contributed by atoms with Crippen molar-refractivity contribution in [3.05, 3.63) is 263 Å². The zero-order valence-electron chi connectivity index (χ0n) is 45.9. The fourth-order valence-electron chi connectivity index (χ4n) is 9.64. The summed E-state index contributed by atoms with van der Waals surface area (Å²) < 4.78 is 66.5. The molecule has 422 valence electrons. The van der Waals surface area contributed by atoms with Gasteiger partial charge in [0.15, 0.2) is 12.4 Å². The SMILES string of the molecule is COC(C)C(OC(=O)c1ccccc1)C(OC1OC(COC(=O)c2ccccc2)C(OCc2ccccc2)C(OCc2ccc3ccccc3c2)C1OCc1ccccc1)C(C)[C@@H](COC(=O)c1ccccc1)OC(=O)c1ccccc1. The predicted molar refractivity (Wildman–Crippen MR) is 306 cm³/mol. The Bertz CT molecular complexity index is 3260. The van der Waals surface area contributed by atoms with Gasteiger partial charge in [0.25, 0.3) is 0 Å². The van der Waals surface area contributed by atoms with Gasteiger partial charge in [-0.2, -0.15) is 0 Å². The third kappa shape index (κ3) is 15.8. The highest BCUT2D eigenvalue weighted by Crippen LogP contribution is 2.36. The van der Waals surface area contributed by atoms with Gasteiger partial charge in [0.1, 0.15) is 49.8 Å². The summed E-state index contributed by atoms with van der Waals surface area (Å²) >= 11 is 0. The lowest BCUT2D eigenvalue weighted by atomic mass is 9.90. The molecule has 8 aromatic rings. The number of hydrogen-bond acceptors (Lipinski definition) is 14. The average Bonchev–Trinajstić information content (AvgIpc) is 3.35. The van der Waals surface area contributed by atoms with Crippen LogP contribution >= 0.6 is 0 Å². The Labute approximate surface area is 477 Å². The summed E-state index contributed by atoms with van der Waals surface area (Å²) in [6.45, 7) is 2.85. The molecule has 1 heterocycles. The fraction of sp³-hybridized carbons (Fsp3) is 0.265. The monoisotopic (exact) mass is 1110 g/mol. The van der Waals surface area contributed by atoms with Crippen molar-refractivity contribution in [3.8, 4) is 0 Å². The molecule has 0 aliphatic carbocycles. The molecular weight excluding hydrogens is 1040 g/mol. The number of fused-ring (bicyclic) bond motifs is 1. The minimum Gasteiger partial charge on any atom is -0.459 e. The molecule has 14 heteroatoms. The van der Waals surface area contributed by atoms with Crippen molar-refractivity contribution in [1.82, 2.24) is 0 Å². The van der Waals surface area contributed by atoms with Gasteiger partial charge in [-0.05, 0) is 89.0 Å². The Kier molecular flexibility index (Phi) is 20.9. The second-order valence-electron chi connectivity index (χ2n) is 19.9. The van der Waals surface area contributed by atoms with E-state index in [-0.39, 0.29) is 43.1 Å². The van der Waals surface area contributed by atoms with E-state index in [1.807, 2.05) is 97.1 Å². The van der Waals surface area contributed by atoms with Gasteiger partial charge >= 0.3 is 23.9 Å². The van der Waals surface area contributed by atoms with E-state index in [1.54, 1.807) is 135 Å². The molecule has 1 aliphatic heterocycles. The van der Waals surface area contributed by atoms with Crippen LogP contribution in [-0.4, -0.2) is 99.3 Å². The van der Waals surface area contributed by atoms with E-state index in [1.165, 1.54) is 7.11 Å². The largest absolute Gasteiger partial charge is 0.459 e. The molecule has 82 heavy (non-hydrogen) atoms. The van der Waals surface area contributed by atoms with Gasteiger partial charge in [-0.1, -0.05) is 177 Å². The molecule has 10 atom stereocenters. The zero-order valence-corrected chi connectivity index (χ0v) is 45.9. The summed E-state index contributed by atoms with van der Waals surface area (Å²) in [5.74, 6) is -3.72. The summed E-state index contributed by atoms with van der Waals surface area (Å²) in [4.78, 5) is 56.2. The molecule has 9 rings (SSSR count). The lowest BCUT2D eigenvalue weighted by molar-refractivity contribution is -0.345. The minimum atomic E-state index is -1.46. The van der Waals surface area contributed by atoms with Gasteiger partial charge in [-0.15, -0.1) is 0 Å². The predicted octanol–water partition coefficient (Wildman–Crippen LogP) is 11.8. The van der Waals surface area contributed by atoms with Gasteiger partial charge in [0, 0.05) is 13.0 Å². The Morgan fingerprint density at radius 3 is 1.41 bits per heavy atom. The highest BCUT2D eigenvalue weighted by molar-refractivity contribution is 5.91. The van der Waals surface area contributed by atoms with Crippen molar-refractivity contribution in [3.63, 3.8) is 0 Å². The molecule has 0 N–H and O–H groups in total. The van der Waals surface area contributed by atoms with Crippen LogP contribution in [0.25, 0.3) is 10.8 Å². The third-order valence-electron chi connectivity index (χ3n) is 14.3. The van der Waals surface area contributed by atoms with E-state index >= 15 is 0 Å².